The first-order valence-electron chi connectivity index (χ1n) is 6.19. The quantitative estimate of drug-likeness (QED) is 0.728. The Kier molecular flexibility index (Phi) is 5.49. The number of thiophene rings is 1. The van der Waals surface area contributed by atoms with Crippen LogP contribution in [0, 0.1) is 0 Å². The highest BCUT2D eigenvalue weighted by Gasteiger charge is 2.20. The van der Waals surface area contributed by atoms with Crippen LogP contribution in [0.4, 0.5) is 0 Å². The molecule has 0 radical (unpaired) electrons. The minimum absolute atomic E-state index is 0.260. The molecule has 0 aliphatic rings. The number of halogens is 1. The number of hydrogen-bond donors (Lipinski definition) is 2. The molecule has 21 heavy (non-hydrogen) atoms. The zero-order valence-electron chi connectivity index (χ0n) is 11.6. The summed E-state index contributed by atoms with van der Waals surface area (Å²) < 4.78 is 29.3. The molecule has 0 aliphatic heterocycles. The van der Waals surface area contributed by atoms with Crippen LogP contribution in [0.2, 0.25) is 0 Å². The van der Waals surface area contributed by atoms with Crippen molar-refractivity contribution >= 4 is 37.3 Å². The predicted molar refractivity (Wildman–Crippen MR) is 84.7 cm³/mol. The Hall–Kier alpha value is -0.810. The summed E-state index contributed by atoms with van der Waals surface area (Å²) in [6.07, 6.45) is 2.04. The number of hydrogen-bond acceptors (Lipinski definition) is 6. The van der Waals surface area contributed by atoms with E-state index >= 15 is 0 Å². The van der Waals surface area contributed by atoms with Gasteiger partial charge in [-0.05, 0) is 29.0 Å². The lowest BCUT2D eigenvalue weighted by molar-refractivity contribution is 0.580. The van der Waals surface area contributed by atoms with E-state index in [9.17, 15) is 8.42 Å². The molecule has 0 fully saturated rings. The van der Waals surface area contributed by atoms with Crippen LogP contribution in [-0.2, 0) is 30.0 Å². The molecular formula is C11H16BrN5O2S2. The summed E-state index contributed by atoms with van der Waals surface area (Å²) in [6.45, 7) is 0.895. The van der Waals surface area contributed by atoms with Crippen molar-refractivity contribution in [2.24, 2.45) is 7.05 Å². The van der Waals surface area contributed by atoms with Crippen LogP contribution in [0.25, 0.3) is 0 Å². The van der Waals surface area contributed by atoms with E-state index in [2.05, 4.69) is 36.1 Å². The van der Waals surface area contributed by atoms with Crippen molar-refractivity contribution in [2.75, 3.05) is 13.6 Å². The molecule has 0 amide bonds. The predicted octanol–water partition coefficient (Wildman–Crippen LogP) is 0.879. The first-order chi connectivity index (χ1) is 9.92. The largest absolute Gasteiger partial charge is 0.315 e. The Labute approximate surface area is 136 Å². The number of nitrogens with one attached hydrogen (secondary N) is 2. The maximum atomic E-state index is 12.3. The highest BCUT2D eigenvalue weighted by molar-refractivity contribution is 9.11. The lowest BCUT2D eigenvalue weighted by atomic mass is 10.4. The highest BCUT2D eigenvalue weighted by atomic mass is 79.9. The van der Waals surface area contributed by atoms with Crippen LogP contribution >= 0.6 is 27.3 Å². The van der Waals surface area contributed by atoms with Gasteiger partial charge in [0.1, 0.15) is 11.2 Å². The molecule has 0 aliphatic carbocycles. The molecule has 0 unspecified atom stereocenters. The van der Waals surface area contributed by atoms with Gasteiger partial charge in [-0.1, -0.05) is 0 Å². The summed E-state index contributed by atoms with van der Waals surface area (Å²) in [5.41, 5.74) is 0. The molecule has 7 nitrogen and oxygen atoms in total. The van der Waals surface area contributed by atoms with Gasteiger partial charge >= 0.3 is 0 Å². The smallest absolute Gasteiger partial charge is 0.242 e. The molecule has 0 atom stereocenters. The van der Waals surface area contributed by atoms with Crippen molar-refractivity contribution in [1.82, 2.24) is 24.8 Å². The zero-order chi connectivity index (χ0) is 15.5. The molecule has 2 heterocycles. The van der Waals surface area contributed by atoms with E-state index in [1.165, 1.54) is 11.3 Å². The van der Waals surface area contributed by atoms with Crippen LogP contribution in [0.1, 0.15) is 10.7 Å². The lowest BCUT2D eigenvalue weighted by Gasteiger charge is -2.04. The van der Waals surface area contributed by atoms with E-state index in [4.69, 9.17) is 0 Å². The summed E-state index contributed by atoms with van der Waals surface area (Å²) in [5, 5.41) is 7.10. The third-order valence-corrected chi connectivity index (χ3v) is 6.35. The molecule has 10 heteroatoms. The molecule has 116 valence electrons. The zero-order valence-corrected chi connectivity index (χ0v) is 14.8. The fourth-order valence-electron chi connectivity index (χ4n) is 1.72. The highest BCUT2D eigenvalue weighted by Crippen LogP contribution is 2.31. The molecule has 0 spiro atoms. The van der Waals surface area contributed by atoms with Gasteiger partial charge in [0.05, 0.1) is 3.79 Å². The molecule has 2 rings (SSSR count). The van der Waals surface area contributed by atoms with Crippen molar-refractivity contribution in [1.29, 1.82) is 0 Å². The van der Waals surface area contributed by atoms with Crippen LogP contribution < -0.4 is 10.0 Å². The average Bonchev–Trinajstić information content (AvgIpc) is 2.96. The second-order valence-corrected chi connectivity index (χ2v) is 8.55. The minimum Gasteiger partial charge on any atom is -0.315 e. The van der Waals surface area contributed by atoms with Gasteiger partial charge in [0.2, 0.25) is 10.0 Å². The minimum atomic E-state index is -3.53. The standard InChI is InChI=1S/C11H16BrN5O2S2/c1-13-6-8-5-9(11(12)20-8)21(18,19)15-4-3-10-14-7-17(2)16-10/h5,7,13,15H,3-4,6H2,1-2H3. The van der Waals surface area contributed by atoms with E-state index in [0.717, 1.165) is 4.88 Å². The number of aryl methyl sites for hydroxylation is 1. The molecule has 0 aromatic carbocycles. The Balaban J connectivity index is 2.01. The summed E-state index contributed by atoms with van der Waals surface area (Å²) >= 11 is 4.71. The van der Waals surface area contributed by atoms with Crippen LogP contribution in [0.15, 0.2) is 21.1 Å². The average molecular weight is 394 g/mol. The van der Waals surface area contributed by atoms with E-state index in [-0.39, 0.29) is 11.4 Å². The molecule has 2 aromatic rings. The first kappa shape index (κ1) is 16.6. The van der Waals surface area contributed by atoms with Crippen molar-refractivity contribution in [3.63, 3.8) is 0 Å². The fraction of sp³-hybridized carbons (Fsp3) is 0.455. The van der Waals surface area contributed by atoms with Gasteiger partial charge < -0.3 is 5.32 Å². The van der Waals surface area contributed by atoms with E-state index < -0.39 is 10.0 Å². The van der Waals surface area contributed by atoms with Crippen molar-refractivity contribution in [2.45, 2.75) is 17.9 Å². The van der Waals surface area contributed by atoms with E-state index in [1.807, 2.05) is 7.05 Å². The third kappa shape index (κ3) is 4.33. The molecule has 0 saturated heterocycles. The third-order valence-electron chi connectivity index (χ3n) is 2.63. The fourth-order valence-corrected chi connectivity index (χ4v) is 5.44. The van der Waals surface area contributed by atoms with E-state index in [1.54, 1.807) is 24.1 Å². The summed E-state index contributed by atoms with van der Waals surface area (Å²) in [6, 6.07) is 1.67. The molecule has 2 aromatic heterocycles. The second-order valence-electron chi connectivity index (χ2n) is 4.36. The summed E-state index contributed by atoms with van der Waals surface area (Å²) in [4.78, 5) is 5.28. The van der Waals surface area contributed by atoms with Crippen LogP contribution in [-0.4, -0.2) is 36.8 Å². The monoisotopic (exact) mass is 393 g/mol. The van der Waals surface area contributed by atoms with Gasteiger partial charge in [0, 0.05) is 31.4 Å². The van der Waals surface area contributed by atoms with Gasteiger partial charge in [0.15, 0.2) is 5.82 Å². The molecule has 2 N–H and O–H groups in total. The maximum absolute atomic E-state index is 12.3. The van der Waals surface area contributed by atoms with Gasteiger partial charge in [-0.2, -0.15) is 5.10 Å². The SMILES string of the molecule is CNCc1cc(S(=O)(=O)NCCc2ncn(C)n2)c(Br)s1. The topological polar surface area (TPSA) is 88.9 Å². The number of sulfonamides is 1. The normalized spacial score (nSPS) is 12.0. The van der Waals surface area contributed by atoms with Crippen LogP contribution in [0.5, 0.6) is 0 Å². The Morgan fingerprint density at radius 3 is 2.86 bits per heavy atom. The number of aromatic nitrogens is 3. The Morgan fingerprint density at radius 2 is 2.24 bits per heavy atom. The maximum Gasteiger partial charge on any atom is 0.242 e. The molecular weight excluding hydrogens is 378 g/mol. The van der Waals surface area contributed by atoms with Crippen molar-refractivity contribution in [3.8, 4) is 0 Å². The van der Waals surface area contributed by atoms with Crippen LogP contribution in [0.3, 0.4) is 0 Å². The molecule has 0 bridgehead atoms. The Bertz CT molecular complexity index is 710. The lowest BCUT2D eigenvalue weighted by Crippen LogP contribution is -2.26. The summed E-state index contributed by atoms with van der Waals surface area (Å²) in [7, 11) is 0.0613. The number of nitrogens with zero attached hydrogens (tertiary/aromatic N) is 3. The Morgan fingerprint density at radius 1 is 1.48 bits per heavy atom. The second kappa shape index (κ2) is 6.97. The first-order valence-corrected chi connectivity index (χ1v) is 9.28. The summed E-state index contributed by atoms with van der Waals surface area (Å²) in [5.74, 6) is 0.612. The van der Waals surface area contributed by atoms with Gasteiger partial charge in [-0.15, -0.1) is 11.3 Å². The van der Waals surface area contributed by atoms with Gasteiger partial charge in [-0.25, -0.2) is 18.1 Å². The van der Waals surface area contributed by atoms with Gasteiger partial charge in [-0.3, -0.25) is 4.68 Å². The van der Waals surface area contributed by atoms with Gasteiger partial charge in [0.25, 0.3) is 0 Å². The molecule has 0 saturated carbocycles. The number of rotatable bonds is 7. The van der Waals surface area contributed by atoms with E-state index in [0.29, 0.717) is 22.6 Å². The van der Waals surface area contributed by atoms with Crippen molar-refractivity contribution in [3.05, 3.63) is 26.9 Å². The van der Waals surface area contributed by atoms with Crippen molar-refractivity contribution < 1.29 is 8.42 Å².